The average molecular weight is 474 g/mol. The summed E-state index contributed by atoms with van der Waals surface area (Å²) in [5.74, 6) is -0.866. The molecule has 3 aromatic rings. The Morgan fingerprint density at radius 2 is 1.87 bits per heavy atom. The maximum Gasteiger partial charge on any atom is 0.416 e. The molecule has 2 aromatic carbocycles. The van der Waals surface area contributed by atoms with Crippen LogP contribution in [0.2, 0.25) is 5.02 Å². The van der Waals surface area contributed by atoms with Crippen molar-refractivity contribution in [3.63, 3.8) is 0 Å². The largest absolute Gasteiger partial charge is 0.497 e. The molecular weight excluding hydrogens is 459 g/mol. The number of aromatic nitrogens is 2. The number of nitrogens with zero attached hydrogens (tertiary/aromatic N) is 2. The number of halogens is 4. The minimum absolute atomic E-state index is 0.133. The number of hydrogen-bond donors (Lipinski definition) is 1. The summed E-state index contributed by atoms with van der Waals surface area (Å²) in [6.07, 6.45) is -4.54. The van der Waals surface area contributed by atoms with Crippen LogP contribution >= 0.6 is 11.6 Å². The number of benzene rings is 2. The first-order chi connectivity index (χ1) is 14.4. The standard InChI is InChI=1S/C19H15ClF3N3O4S/c1-26-16(11-4-3-5-12(8-11)19(21,22)23)10-15(24-26)18(27)25-31(28,29)17-9-13(30-2)6-7-14(17)20/h3-10H,1-2H3,(H,25,27). The third kappa shape index (κ3) is 4.83. The van der Waals surface area contributed by atoms with Gasteiger partial charge in [-0.05, 0) is 30.3 Å². The molecule has 1 amide bonds. The summed E-state index contributed by atoms with van der Waals surface area (Å²) in [6.45, 7) is 0. The number of ether oxygens (including phenoxy) is 1. The number of amides is 1. The van der Waals surface area contributed by atoms with Crippen LogP contribution in [0.1, 0.15) is 16.1 Å². The van der Waals surface area contributed by atoms with Crippen LogP contribution in [-0.2, 0) is 23.2 Å². The van der Waals surface area contributed by atoms with Crippen molar-refractivity contribution in [2.75, 3.05) is 7.11 Å². The van der Waals surface area contributed by atoms with Crippen LogP contribution < -0.4 is 9.46 Å². The molecular formula is C19H15ClF3N3O4S. The van der Waals surface area contributed by atoms with Gasteiger partial charge in [-0.1, -0.05) is 23.7 Å². The third-order valence-corrected chi connectivity index (χ3v) is 6.07. The second-order valence-electron chi connectivity index (χ2n) is 6.35. The summed E-state index contributed by atoms with van der Waals surface area (Å²) in [6, 6.07) is 9.54. The quantitative estimate of drug-likeness (QED) is 0.607. The van der Waals surface area contributed by atoms with Gasteiger partial charge in [-0.25, -0.2) is 13.1 Å². The van der Waals surface area contributed by atoms with Gasteiger partial charge in [0.15, 0.2) is 5.69 Å². The molecule has 0 fully saturated rings. The van der Waals surface area contributed by atoms with E-state index in [1.54, 1.807) is 0 Å². The van der Waals surface area contributed by atoms with Crippen LogP contribution in [0.3, 0.4) is 0 Å². The van der Waals surface area contributed by atoms with E-state index >= 15 is 0 Å². The van der Waals surface area contributed by atoms with Crippen LogP contribution in [0.25, 0.3) is 11.3 Å². The summed E-state index contributed by atoms with van der Waals surface area (Å²) in [7, 11) is -1.62. The van der Waals surface area contributed by atoms with E-state index in [0.29, 0.717) is 0 Å². The molecule has 0 radical (unpaired) electrons. The number of nitrogens with one attached hydrogen (secondary N) is 1. The summed E-state index contributed by atoms with van der Waals surface area (Å²) < 4.78 is 72.1. The zero-order valence-electron chi connectivity index (χ0n) is 16.1. The molecule has 1 N–H and O–H groups in total. The number of aryl methyl sites for hydroxylation is 1. The highest BCUT2D eigenvalue weighted by Gasteiger charge is 2.31. The van der Waals surface area contributed by atoms with Crippen molar-refractivity contribution in [1.29, 1.82) is 0 Å². The van der Waals surface area contributed by atoms with Crippen molar-refractivity contribution in [2.24, 2.45) is 7.05 Å². The molecule has 0 bridgehead atoms. The monoisotopic (exact) mass is 473 g/mol. The Morgan fingerprint density at radius 1 is 1.16 bits per heavy atom. The number of rotatable bonds is 5. The lowest BCUT2D eigenvalue weighted by Gasteiger charge is -2.09. The molecule has 0 unspecified atom stereocenters. The van der Waals surface area contributed by atoms with Crippen molar-refractivity contribution in [3.05, 3.63) is 64.8 Å². The van der Waals surface area contributed by atoms with Gasteiger partial charge in [0.1, 0.15) is 10.6 Å². The fourth-order valence-electron chi connectivity index (χ4n) is 2.75. The molecule has 0 aliphatic heterocycles. The van der Waals surface area contributed by atoms with Crippen LogP contribution in [0.15, 0.2) is 53.4 Å². The number of methoxy groups -OCH3 is 1. The second-order valence-corrected chi connectivity index (χ2v) is 8.41. The molecule has 3 rings (SSSR count). The zero-order chi connectivity index (χ0) is 23.0. The maximum absolute atomic E-state index is 13.0. The van der Waals surface area contributed by atoms with E-state index in [1.807, 2.05) is 4.72 Å². The minimum Gasteiger partial charge on any atom is -0.497 e. The Labute approximate surface area is 180 Å². The molecule has 0 saturated carbocycles. The Balaban J connectivity index is 1.91. The van der Waals surface area contributed by atoms with E-state index < -0.39 is 27.7 Å². The van der Waals surface area contributed by atoms with Crippen molar-refractivity contribution in [1.82, 2.24) is 14.5 Å². The SMILES string of the molecule is COc1ccc(Cl)c(S(=O)(=O)NC(=O)c2cc(-c3cccc(C(F)(F)F)c3)n(C)n2)c1. The van der Waals surface area contributed by atoms with Crippen molar-refractivity contribution in [2.45, 2.75) is 11.1 Å². The predicted molar refractivity (Wildman–Crippen MR) is 106 cm³/mol. The predicted octanol–water partition coefficient (Wildman–Crippen LogP) is 3.89. The molecule has 12 heteroatoms. The fourth-order valence-corrected chi connectivity index (χ4v) is 4.23. The summed E-state index contributed by atoms with van der Waals surface area (Å²) >= 11 is 5.93. The van der Waals surface area contributed by atoms with Gasteiger partial charge in [0.05, 0.1) is 23.4 Å². The maximum atomic E-state index is 13.0. The lowest BCUT2D eigenvalue weighted by molar-refractivity contribution is -0.137. The van der Waals surface area contributed by atoms with E-state index in [0.717, 1.165) is 18.2 Å². The van der Waals surface area contributed by atoms with Gasteiger partial charge in [0.25, 0.3) is 15.9 Å². The number of sulfonamides is 1. The zero-order valence-corrected chi connectivity index (χ0v) is 17.6. The van der Waals surface area contributed by atoms with E-state index in [4.69, 9.17) is 16.3 Å². The van der Waals surface area contributed by atoms with E-state index in [1.165, 1.54) is 49.2 Å². The van der Waals surface area contributed by atoms with Gasteiger partial charge in [-0.3, -0.25) is 9.48 Å². The molecule has 1 aromatic heterocycles. The topological polar surface area (TPSA) is 90.3 Å². The first-order valence-electron chi connectivity index (χ1n) is 8.55. The van der Waals surface area contributed by atoms with Gasteiger partial charge in [-0.2, -0.15) is 18.3 Å². The van der Waals surface area contributed by atoms with Crippen molar-refractivity contribution < 1.29 is 31.1 Å². The van der Waals surface area contributed by atoms with E-state index in [-0.39, 0.29) is 32.6 Å². The number of carbonyl (C=O) groups excluding carboxylic acids is 1. The van der Waals surface area contributed by atoms with Crippen LogP contribution in [0.4, 0.5) is 13.2 Å². The first kappa shape index (κ1) is 22.6. The van der Waals surface area contributed by atoms with Crippen molar-refractivity contribution in [3.8, 4) is 17.0 Å². The number of carbonyl (C=O) groups is 1. The Bertz CT molecular complexity index is 1260. The van der Waals surface area contributed by atoms with Crippen LogP contribution in [0, 0.1) is 0 Å². The Morgan fingerprint density at radius 3 is 2.52 bits per heavy atom. The molecule has 1 heterocycles. The van der Waals surface area contributed by atoms with Crippen LogP contribution in [-0.4, -0.2) is 31.2 Å². The highest BCUT2D eigenvalue weighted by Crippen LogP contribution is 2.32. The van der Waals surface area contributed by atoms with Crippen molar-refractivity contribution >= 4 is 27.5 Å². The Kier molecular flexibility index (Phi) is 6.01. The lowest BCUT2D eigenvalue weighted by Crippen LogP contribution is -2.31. The summed E-state index contributed by atoms with van der Waals surface area (Å²) in [5, 5.41) is 3.78. The summed E-state index contributed by atoms with van der Waals surface area (Å²) in [4.78, 5) is 12.1. The summed E-state index contributed by atoms with van der Waals surface area (Å²) in [5.41, 5.74) is -0.833. The molecule has 164 valence electrons. The van der Waals surface area contributed by atoms with Crippen LogP contribution in [0.5, 0.6) is 5.75 Å². The third-order valence-electron chi connectivity index (χ3n) is 4.25. The molecule has 0 aliphatic rings. The molecule has 7 nitrogen and oxygen atoms in total. The smallest absolute Gasteiger partial charge is 0.416 e. The number of alkyl halides is 3. The van der Waals surface area contributed by atoms with Gasteiger partial charge < -0.3 is 4.74 Å². The van der Waals surface area contributed by atoms with Gasteiger partial charge in [0.2, 0.25) is 0 Å². The highest BCUT2D eigenvalue weighted by atomic mass is 35.5. The number of hydrogen-bond acceptors (Lipinski definition) is 5. The molecule has 0 saturated heterocycles. The fraction of sp³-hybridized carbons (Fsp3) is 0.158. The average Bonchev–Trinajstić information content (AvgIpc) is 3.09. The second kappa shape index (κ2) is 8.23. The molecule has 0 spiro atoms. The van der Waals surface area contributed by atoms with Gasteiger partial charge in [0, 0.05) is 18.7 Å². The normalized spacial score (nSPS) is 11.9. The minimum atomic E-state index is -4.54. The highest BCUT2D eigenvalue weighted by molar-refractivity contribution is 7.90. The lowest BCUT2D eigenvalue weighted by atomic mass is 10.1. The van der Waals surface area contributed by atoms with E-state index in [2.05, 4.69) is 5.10 Å². The first-order valence-corrected chi connectivity index (χ1v) is 10.4. The Hall–Kier alpha value is -3.05. The van der Waals surface area contributed by atoms with Gasteiger partial charge >= 0.3 is 6.18 Å². The molecule has 0 atom stereocenters. The molecule has 0 aliphatic carbocycles. The molecule has 31 heavy (non-hydrogen) atoms. The van der Waals surface area contributed by atoms with E-state index in [9.17, 15) is 26.4 Å². The van der Waals surface area contributed by atoms with Gasteiger partial charge in [-0.15, -0.1) is 0 Å².